The Morgan fingerprint density at radius 3 is 2.62 bits per heavy atom. The minimum atomic E-state index is -0.134. The van der Waals surface area contributed by atoms with Gasteiger partial charge < -0.3 is 19.9 Å². The van der Waals surface area contributed by atoms with Gasteiger partial charge in [-0.15, -0.1) is 11.8 Å². The van der Waals surface area contributed by atoms with Gasteiger partial charge in [0.05, 0.1) is 36.6 Å². The zero-order valence-electron chi connectivity index (χ0n) is 16.3. The predicted molar refractivity (Wildman–Crippen MR) is 112 cm³/mol. The molecule has 7 nitrogen and oxygen atoms in total. The standard InChI is InChI=1S/C21H21N3O4S/c1-12-19-20(13-4-9-16(25)17(10-13)28-3)29-11-18(26)22-21(19)24(23-12)14-5-7-15(27-2)8-6-14/h4-10,20,25H,11H2,1-3H3,(H,22,26)/t20-/m0/s1. The van der Waals surface area contributed by atoms with E-state index in [0.29, 0.717) is 17.3 Å². The highest BCUT2D eigenvalue weighted by atomic mass is 32.2. The summed E-state index contributed by atoms with van der Waals surface area (Å²) in [5, 5.41) is 17.5. The van der Waals surface area contributed by atoms with Gasteiger partial charge in [0.1, 0.15) is 11.6 Å². The first-order valence-corrected chi connectivity index (χ1v) is 10.1. The molecule has 0 unspecified atom stereocenters. The van der Waals surface area contributed by atoms with E-state index in [1.807, 2.05) is 37.3 Å². The maximum atomic E-state index is 12.4. The molecule has 0 bridgehead atoms. The molecule has 0 radical (unpaired) electrons. The Hall–Kier alpha value is -3.13. The molecular weight excluding hydrogens is 390 g/mol. The highest BCUT2D eigenvalue weighted by Gasteiger charge is 2.31. The highest BCUT2D eigenvalue weighted by Crippen LogP contribution is 2.45. The molecule has 0 aliphatic carbocycles. The first-order valence-electron chi connectivity index (χ1n) is 9.04. The number of phenolic OH excluding ortho intramolecular Hbond substituents is 1. The van der Waals surface area contributed by atoms with E-state index < -0.39 is 0 Å². The molecule has 0 fully saturated rings. The van der Waals surface area contributed by atoms with Crippen LogP contribution in [0, 0.1) is 6.92 Å². The third-order valence-electron chi connectivity index (χ3n) is 4.83. The van der Waals surface area contributed by atoms with Crippen molar-refractivity contribution in [3.63, 3.8) is 0 Å². The summed E-state index contributed by atoms with van der Waals surface area (Å²) in [6.07, 6.45) is 0. The van der Waals surface area contributed by atoms with Crippen LogP contribution in [0.5, 0.6) is 17.2 Å². The largest absolute Gasteiger partial charge is 0.504 e. The summed E-state index contributed by atoms with van der Waals surface area (Å²) in [6.45, 7) is 1.93. The van der Waals surface area contributed by atoms with E-state index in [2.05, 4.69) is 5.32 Å². The molecule has 1 aliphatic rings. The summed E-state index contributed by atoms with van der Waals surface area (Å²) in [5.74, 6) is 2.10. The number of ether oxygens (including phenoxy) is 2. The molecule has 8 heteroatoms. The van der Waals surface area contributed by atoms with Crippen molar-refractivity contribution in [2.45, 2.75) is 12.2 Å². The first-order chi connectivity index (χ1) is 14.0. The van der Waals surface area contributed by atoms with E-state index in [9.17, 15) is 9.90 Å². The minimum Gasteiger partial charge on any atom is -0.504 e. The fraction of sp³-hybridized carbons (Fsp3) is 0.238. The lowest BCUT2D eigenvalue weighted by Gasteiger charge is -2.16. The fourth-order valence-electron chi connectivity index (χ4n) is 3.41. The molecule has 2 N–H and O–H groups in total. The van der Waals surface area contributed by atoms with Gasteiger partial charge in [-0.05, 0) is 48.9 Å². The molecule has 3 aromatic rings. The summed E-state index contributed by atoms with van der Waals surface area (Å²) in [4.78, 5) is 12.4. The van der Waals surface area contributed by atoms with E-state index >= 15 is 0 Å². The van der Waals surface area contributed by atoms with Crippen molar-refractivity contribution >= 4 is 23.5 Å². The van der Waals surface area contributed by atoms with E-state index in [1.54, 1.807) is 23.9 Å². The van der Waals surface area contributed by atoms with Crippen LogP contribution in [0.2, 0.25) is 0 Å². The molecule has 2 aromatic carbocycles. The third kappa shape index (κ3) is 3.51. The number of aryl methyl sites for hydroxylation is 1. The van der Waals surface area contributed by atoms with Gasteiger partial charge in [0, 0.05) is 5.56 Å². The fourth-order valence-corrected chi connectivity index (χ4v) is 4.59. The second-order valence-electron chi connectivity index (χ2n) is 6.63. The van der Waals surface area contributed by atoms with Crippen molar-refractivity contribution in [2.75, 3.05) is 25.3 Å². The number of hydrogen-bond acceptors (Lipinski definition) is 6. The van der Waals surface area contributed by atoms with Gasteiger partial charge in [0.2, 0.25) is 5.91 Å². The van der Waals surface area contributed by atoms with Gasteiger partial charge in [0.15, 0.2) is 11.5 Å². The van der Waals surface area contributed by atoms with E-state index in [1.165, 1.54) is 18.9 Å². The number of aromatic hydroxyl groups is 1. The van der Waals surface area contributed by atoms with Crippen LogP contribution in [0.25, 0.3) is 5.69 Å². The average molecular weight is 411 g/mol. The van der Waals surface area contributed by atoms with Crippen molar-refractivity contribution < 1.29 is 19.4 Å². The quantitative estimate of drug-likeness (QED) is 0.681. The summed E-state index contributed by atoms with van der Waals surface area (Å²) in [6, 6.07) is 12.8. The lowest BCUT2D eigenvalue weighted by Crippen LogP contribution is -2.15. The number of methoxy groups -OCH3 is 2. The smallest absolute Gasteiger partial charge is 0.235 e. The van der Waals surface area contributed by atoms with Crippen molar-refractivity contribution in [3.8, 4) is 22.9 Å². The molecule has 1 aromatic heterocycles. The molecular formula is C21H21N3O4S. The molecule has 0 spiro atoms. The summed E-state index contributed by atoms with van der Waals surface area (Å²) in [5.41, 5.74) is 3.51. The van der Waals surface area contributed by atoms with Crippen LogP contribution in [0.3, 0.4) is 0 Å². The minimum absolute atomic E-state index is 0.0787. The molecule has 2 heterocycles. The lowest BCUT2D eigenvalue weighted by molar-refractivity contribution is -0.113. The predicted octanol–water partition coefficient (Wildman–Crippen LogP) is 3.68. The second-order valence-corrected chi connectivity index (χ2v) is 7.72. The van der Waals surface area contributed by atoms with Crippen molar-refractivity contribution in [3.05, 3.63) is 59.3 Å². The lowest BCUT2D eigenvalue weighted by atomic mass is 10.0. The van der Waals surface area contributed by atoms with Gasteiger partial charge in [-0.2, -0.15) is 5.10 Å². The zero-order chi connectivity index (χ0) is 20.5. The van der Waals surface area contributed by atoms with Crippen LogP contribution in [0.15, 0.2) is 42.5 Å². The van der Waals surface area contributed by atoms with Crippen molar-refractivity contribution in [1.29, 1.82) is 0 Å². The number of aromatic nitrogens is 2. The monoisotopic (exact) mass is 411 g/mol. The molecule has 150 valence electrons. The number of amides is 1. The van der Waals surface area contributed by atoms with Crippen LogP contribution >= 0.6 is 11.8 Å². The Kier molecular flexibility index (Phi) is 5.10. The molecule has 1 atom stereocenters. The number of carbonyl (C=O) groups excluding carboxylic acids is 1. The molecule has 1 amide bonds. The van der Waals surface area contributed by atoms with Gasteiger partial charge in [-0.25, -0.2) is 4.68 Å². The Labute approximate surface area is 172 Å². The molecule has 0 saturated heterocycles. The summed E-state index contributed by atoms with van der Waals surface area (Å²) in [7, 11) is 3.13. The highest BCUT2D eigenvalue weighted by molar-refractivity contribution is 8.00. The topological polar surface area (TPSA) is 85.6 Å². The number of carbonyl (C=O) groups is 1. The van der Waals surface area contributed by atoms with Crippen LogP contribution < -0.4 is 14.8 Å². The average Bonchev–Trinajstić information content (AvgIpc) is 2.93. The second kappa shape index (κ2) is 7.71. The Morgan fingerprint density at radius 1 is 1.17 bits per heavy atom. The number of benzene rings is 2. The number of hydrogen-bond donors (Lipinski definition) is 2. The molecule has 0 saturated carbocycles. The maximum absolute atomic E-state index is 12.4. The van der Waals surface area contributed by atoms with Gasteiger partial charge in [-0.1, -0.05) is 6.07 Å². The Bertz CT molecular complexity index is 1060. The van der Waals surface area contributed by atoms with E-state index in [4.69, 9.17) is 14.6 Å². The molecule has 29 heavy (non-hydrogen) atoms. The number of anilines is 1. The number of phenols is 1. The van der Waals surface area contributed by atoms with Gasteiger partial charge in [-0.3, -0.25) is 4.79 Å². The summed E-state index contributed by atoms with van der Waals surface area (Å²) >= 11 is 1.52. The number of nitrogens with zero attached hydrogens (tertiary/aromatic N) is 2. The zero-order valence-corrected chi connectivity index (χ0v) is 17.1. The first kappa shape index (κ1) is 19.2. The van der Waals surface area contributed by atoms with Crippen molar-refractivity contribution in [1.82, 2.24) is 9.78 Å². The number of rotatable bonds is 4. The number of thioether (sulfide) groups is 1. The SMILES string of the molecule is COc1ccc(-n2nc(C)c3c2NC(=O)CS[C@H]3c2ccc(O)c(OC)c2)cc1. The van der Waals surface area contributed by atoms with E-state index in [0.717, 1.165) is 28.3 Å². The van der Waals surface area contributed by atoms with Crippen LogP contribution in [-0.2, 0) is 4.79 Å². The number of fused-ring (bicyclic) bond motifs is 1. The van der Waals surface area contributed by atoms with Gasteiger partial charge in [0.25, 0.3) is 0 Å². The van der Waals surface area contributed by atoms with Crippen LogP contribution in [0.1, 0.15) is 22.1 Å². The Morgan fingerprint density at radius 2 is 1.93 bits per heavy atom. The number of nitrogens with one attached hydrogen (secondary N) is 1. The van der Waals surface area contributed by atoms with E-state index in [-0.39, 0.29) is 16.9 Å². The molecule has 1 aliphatic heterocycles. The van der Waals surface area contributed by atoms with Gasteiger partial charge >= 0.3 is 0 Å². The third-order valence-corrected chi connectivity index (χ3v) is 6.10. The normalized spacial score (nSPS) is 16.0. The van der Waals surface area contributed by atoms with Crippen LogP contribution in [-0.4, -0.2) is 40.8 Å². The maximum Gasteiger partial charge on any atom is 0.235 e. The molecule has 4 rings (SSSR count). The summed E-state index contributed by atoms with van der Waals surface area (Å²) < 4.78 is 12.2. The van der Waals surface area contributed by atoms with Crippen LogP contribution in [0.4, 0.5) is 5.82 Å². The Balaban J connectivity index is 1.85. The van der Waals surface area contributed by atoms with Crippen molar-refractivity contribution in [2.24, 2.45) is 0 Å².